The zero-order valence-corrected chi connectivity index (χ0v) is 22.5. The number of hydrogen-bond donors (Lipinski definition) is 0. The molecule has 9 rings (SSSR count). The molecule has 0 radical (unpaired) electrons. The van der Waals surface area contributed by atoms with E-state index in [1.165, 1.54) is 43.4 Å². The molecule has 0 aliphatic heterocycles. The predicted octanol–water partition coefficient (Wildman–Crippen LogP) is 8.89. The molecule has 5 heteroatoms. The van der Waals surface area contributed by atoms with Gasteiger partial charge in [0.25, 0.3) is 0 Å². The maximum atomic E-state index is 5.10. The maximum absolute atomic E-state index is 5.10. The van der Waals surface area contributed by atoms with Crippen molar-refractivity contribution in [2.45, 2.75) is 0 Å². The first kappa shape index (κ1) is 22.9. The molecule has 0 amide bonds. The van der Waals surface area contributed by atoms with Crippen LogP contribution in [0.15, 0.2) is 140 Å². The van der Waals surface area contributed by atoms with E-state index in [9.17, 15) is 0 Å². The average molecular weight is 538 g/mol. The van der Waals surface area contributed by atoms with Gasteiger partial charge in [0.15, 0.2) is 5.82 Å². The molecular weight excluding hydrogens is 514 g/mol. The third-order valence-corrected chi connectivity index (χ3v) is 8.25. The summed E-state index contributed by atoms with van der Waals surface area (Å²) in [6.07, 6.45) is 5.42. The molecule has 5 aromatic carbocycles. The van der Waals surface area contributed by atoms with Crippen molar-refractivity contribution >= 4 is 54.4 Å². The van der Waals surface area contributed by atoms with Gasteiger partial charge in [0.1, 0.15) is 5.82 Å². The Bertz CT molecular complexity index is 2450. The summed E-state index contributed by atoms with van der Waals surface area (Å²) in [5.74, 6) is 1.47. The summed E-state index contributed by atoms with van der Waals surface area (Å²) in [6, 6.07) is 42.9. The van der Waals surface area contributed by atoms with E-state index in [1.807, 2.05) is 30.6 Å². The minimum atomic E-state index is 0.648. The Morgan fingerprint density at radius 2 is 1.17 bits per heavy atom. The quantitative estimate of drug-likeness (QED) is 0.226. The molecule has 196 valence electrons. The molecule has 4 aromatic heterocycles. The fourth-order valence-electron chi connectivity index (χ4n) is 6.51. The van der Waals surface area contributed by atoms with Crippen molar-refractivity contribution in [3.05, 3.63) is 140 Å². The van der Waals surface area contributed by atoms with E-state index in [1.54, 1.807) is 6.20 Å². The van der Waals surface area contributed by atoms with Gasteiger partial charge < -0.3 is 4.57 Å². The van der Waals surface area contributed by atoms with Gasteiger partial charge in [0, 0.05) is 56.8 Å². The fourth-order valence-corrected chi connectivity index (χ4v) is 6.51. The largest absolute Gasteiger partial charge is 0.309 e. The Balaban J connectivity index is 1.51. The minimum Gasteiger partial charge on any atom is -0.309 e. The van der Waals surface area contributed by atoms with Gasteiger partial charge in [-0.15, -0.1) is 0 Å². The van der Waals surface area contributed by atoms with E-state index in [-0.39, 0.29) is 0 Å². The molecular formula is C37H23N5. The monoisotopic (exact) mass is 537 g/mol. The number of hydrogen-bond acceptors (Lipinski definition) is 3. The molecule has 5 nitrogen and oxygen atoms in total. The van der Waals surface area contributed by atoms with Crippen LogP contribution in [0.5, 0.6) is 0 Å². The highest BCUT2D eigenvalue weighted by Gasteiger charge is 2.21. The average Bonchev–Trinajstić information content (AvgIpc) is 3.59. The van der Waals surface area contributed by atoms with Crippen LogP contribution in [0.1, 0.15) is 0 Å². The lowest BCUT2D eigenvalue weighted by Gasteiger charge is -2.13. The van der Waals surface area contributed by atoms with Crippen molar-refractivity contribution in [1.82, 2.24) is 24.1 Å². The summed E-state index contributed by atoms with van der Waals surface area (Å²) in [6.45, 7) is 0. The molecule has 0 unspecified atom stereocenters. The predicted molar refractivity (Wildman–Crippen MR) is 171 cm³/mol. The van der Waals surface area contributed by atoms with Crippen LogP contribution in [0.3, 0.4) is 0 Å². The van der Waals surface area contributed by atoms with E-state index >= 15 is 0 Å². The summed E-state index contributed by atoms with van der Waals surface area (Å²) < 4.78 is 4.72. The lowest BCUT2D eigenvalue weighted by molar-refractivity contribution is 1.04. The Hall–Kier alpha value is -5.81. The Morgan fingerprint density at radius 1 is 0.500 bits per heavy atom. The standard InChI is InChI=1S/C37H23N5/c1-2-10-26(11-3-1)41-31-14-6-4-12-27(31)29-18-16-24-17-19-30-28-13-5-7-15-32(28)42(36(30)34(24)35(29)41)33-20-22-39-37(40-33)25-9-8-21-38-23-25/h1-23H. The summed E-state index contributed by atoms with van der Waals surface area (Å²) in [5, 5.41) is 7.22. The van der Waals surface area contributed by atoms with Gasteiger partial charge in [-0.05, 0) is 47.9 Å². The first-order valence-corrected chi connectivity index (χ1v) is 14.0. The first-order chi connectivity index (χ1) is 20.9. The van der Waals surface area contributed by atoms with Crippen molar-refractivity contribution < 1.29 is 0 Å². The molecule has 0 bridgehead atoms. The number of pyridine rings is 1. The van der Waals surface area contributed by atoms with Gasteiger partial charge in [-0.25, -0.2) is 9.97 Å². The van der Waals surface area contributed by atoms with Crippen molar-refractivity contribution in [2.75, 3.05) is 0 Å². The van der Waals surface area contributed by atoms with E-state index in [2.05, 4.69) is 122 Å². The first-order valence-electron chi connectivity index (χ1n) is 14.0. The van der Waals surface area contributed by atoms with Crippen LogP contribution in [-0.4, -0.2) is 24.1 Å². The number of nitrogens with zero attached hydrogens (tertiary/aromatic N) is 5. The van der Waals surface area contributed by atoms with Gasteiger partial charge in [-0.1, -0.05) is 78.9 Å². The maximum Gasteiger partial charge on any atom is 0.163 e. The molecule has 0 atom stereocenters. The molecule has 0 aliphatic carbocycles. The highest BCUT2D eigenvalue weighted by molar-refractivity contribution is 6.28. The SMILES string of the molecule is c1ccc(-n2c3ccccc3c3ccc4ccc5c6ccccc6n(-c6ccnc(-c7cccnc7)n6)c5c4c32)cc1. The molecule has 4 heterocycles. The van der Waals surface area contributed by atoms with E-state index < -0.39 is 0 Å². The van der Waals surface area contributed by atoms with Crippen molar-refractivity contribution in [3.63, 3.8) is 0 Å². The fraction of sp³-hybridized carbons (Fsp3) is 0. The second kappa shape index (κ2) is 8.85. The summed E-state index contributed by atoms with van der Waals surface area (Å²) in [5.41, 5.74) is 6.64. The molecule has 9 aromatic rings. The third-order valence-electron chi connectivity index (χ3n) is 8.25. The van der Waals surface area contributed by atoms with Gasteiger partial charge in [0.2, 0.25) is 0 Å². The van der Waals surface area contributed by atoms with E-state index in [0.717, 1.165) is 28.1 Å². The normalized spacial score (nSPS) is 11.8. The second-order valence-electron chi connectivity index (χ2n) is 10.5. The Morgan fingerprint density at radius 3 is 1.88 bits per heavy atom. The highest BCUT2D eigenvalue weighted by atomic mass is 15.1. The van der Waals surface area contributed by atoms with Crippen LogP contribution in [0.2, 0.25) is 0 Å². The lowest BCUT2D eigenvalue weighted by Crippen LogP contribution is -2.01. The zero-order chi connectivity index (χ0) is 27.6. The number of rotatable bonds is 3. The van der Waals surface area contributed by atoms with Crippen molar-refractivity contribution in [2.24, 2.45) is 0 Å². The molecule has 42 heavy (non-hydrogen) atoms. The van der Waals surface area contributed by atoms with Crippen molar-refractivity contribution in [3.8, 4) is 22.9 Å². The Kier molecular flexibility index (Phi) is 4.83. The topological polar surface area (TPSA) is 48.5 Å². The number of benzene rings is 5. The summed E-state index contributed by atoms with van der Waals surface area (Å²) >= 11 is 0. The van der Waals surface area contributed by atoms with Crippen LogP contribution in [0.25, 0.3) is 77.3 Å². The smallest absolute Gasteiger partial charge is 0.163 e. The number of aromatic nitrogens is 5. The van der Waals surface area contributed by atoms with E-state index in [4.69, 9.17) is 4.98 Å². The summed E-state index contributed by atoms with van der Waals surface area (Å²) in [7, 11) is 0. The molecule has 0 saturated heterocycles. The molecule has 0 spiro atoms. The van der Waals surface area contributed by atoms with Gasteiger partial charge in [-0.2, -0.15) is 0 Å². The second-order valence-corrected chi connectivity index (χ2v) is 10.5. The van der Waals surface area contributed by atoms with E-state index in [0.29, 0.717) is 5.82 Å². The van der Waals surface area contributed by atoms with Gasteiger partial charge in [0.05, 0.1) is 22.1 Å². The summed E-state index contributed by atoms with van der Waals surface area (Å²) in [4.78, 5) is 14.0. The molecule has 0 fully saturated rings. The van der Waals surface area contributed by atoms with Crippen LogP contribution >= 0.6 is 0 Å². The van der Waals surface area contributed by atoms with Gasteiger partial charge >= 0.3 is 0 Å². The number of fused-ring (bicyclic) bond motifs is 9. The third kappa shape index (κ3) is 3.22. The Labute approximate surface area is 241 Å². The zero-order valence-electron chi connectivity index (χ0n) is 22.5. The van der Waals surface area contributed by atoms with Crippen LogP contribution in [0, 0.1) is 0 Å². The van der Waals surface area contributed by atoms with Crippen LogP contribution < -0.4 is 0 Å². The molecule has 0 N–H and O–H groups in total. The molecule has 0 aliphatic rings. The van der Waals surface area contributed by atoms with Crippen molar-refractivity contribution in [1.29, 1.82) is 0 Å². The highest BCUT2D eigenvalue weighted by Crippen LogP contribution is 2.42. The lowest BCUT2D eigenvalue weighted by atomic mass is 10.0. The van der Waals surface area contributed by atoms with Crippen LogP contribution in [-0.2, 0) is 0 Å². The van der Waals surface area contributed by atoms with Crippen LogP contribution in [0.4, 0.5) is 0 Å². The minimum absolute atomic E-state index is 0.648. The van der Waals surface area contributed by atoms with Gasteiger partial charge in [-0.3, -0.25) is 9.55 Å². The molecule has 0 saturated carbocycles. The number of para-hydroxylation sites is 3.